The lowest BCUT2D eigenvalue weighted by atomic mass is 10.6. The van der Waals surface area contributed by atoms with Crippen molar-refractivity contribution in [1.29, 1.82) is 0 Å². The van der Waals surface area contributed by atoms with Gasteiger partial charge in [-0.25, -0.2) is 0 Å². The van der Waals surface area contributed by atoms with Crippen LogP contribution in [0.2, 0.25) is 0 Å². The third-order valence-electron chi connectivity index (χ3n) is 0.243. The van der Waals surface area contributed by atoms with Crippen molar-refractivity contribution in [1.82, 2.24) is 0 Å². The molecule has 0 rings (SSSR count). The minimum Gasteiger partial charge on any atom is -0.0754 e. The summed E-state index contributed by atoms with van der Waals surface area (Å²) in [5, 5.41) is 0. The Labute approximate surface area is 43.9 Å². The minimum atomic E-state index is -0.514. The van der Waals surface area contributed by atoms with Crippen LogP contribution in [-0.2, 0) is 4.57 Å². The van der Waals surface area contributed by atoms with Gasteiger partial charge in [0.05, 0.1) is 0 Å². The SMILES string of the molecule is CC(C)(Cl)[PH+]=O. The first-order valence-electron chi connectivity index (χ1n) is 1.64. The Morgan fingerprint density at radius 3 is 1.83 bits per heavy atom. The molecule has 1 atom stereocenters. The molecule has 0 aromatic rings. The predicted molar refractivity (Wildman–Crippen MR) is 28.9 cm³/mol. The van der Waals surface area contributed by atoms with Crippen LogP contribution >= 0.6 is 20.1 Å². The summed E-state index contributed by atoms with van der Waals surface area (Å²) in [7, 11) is -0.417. The molecule has 6 heavy (non-hydrogen) atoms. The molecular weight excluding hydrogens is 118 g/mol. The second kappa shape index (κ2) is 1.90. The van der Waals surface area contributed by atoms with Gasteiger partial charge < -0.3 is 0 Å². The highest BCUT2D eigenvalue weighted by Crippen LogP contribution is 2.25. The van der Waals surface area contributed by atoms with E-state index in [1.165, 1.54) is 0 Å². The molecule has 0 aromatic carbocycles. The summed E-state index contributed by atoms with van der Waals surface area (Å²) in [4.78, 5) is 0. The first-order chi connectivity index (χ1) is 2.56. The molecule has 0 radical (unpaired) electrons. The number of rotatable bonds is 1. The van der Waals surface area contributed by atoms with Crippen molar-refractivity contribution in [2.24, 2.45) is 0 Å². The van der Waals surface area contributed by atoms with Gasteiger partial charge in [-0.3, -0.25) is 0 Å². The maximum Gasteiger partial charge on any atom is 0.346 e. The Morgan fingerprint density at radius 2 is 1.83 bits per heavy atom. The van der Waals surface area contributed by atoms with E-state index in [1.54, 1.807) is 13.8 Å². The Hall–Kier alpha value is 0.390. The fraction of sp³-hybridized carbons (Fsp3) is 1.00. The van der Waals surface area contributed by atoms with E-state index in [-0.39, 0.29) is 0 Å². The molecule has 0 heterocycles. The van der Waals surface area contributed by atoms with Gasteiger partial charge in [-0.2, -0.15) is 0 Å². The zero-order valence-corrected chi connectivity index (χ0v) is 5.54. The standard InChI is InChI=1S/C3H6ClOP/c1-3(2,4)6-5/h1-2H3/p+1. The van der Waals surface area contributed by atoms with Crippen LogP contribution in [0.15, 0.2) is 0 Å². The highest BCUT2D eigenvalue weighted by Gasteiger charge is 2.20. The minimum absolute atomic E-state index is 0.417. The molecule has 0 amide bonds. The van der Waals surface area contributed by atoms with Crippen molar-refractivity contribution >= 4 is 20.1 Å². The van der Waals surface area contributed by atoms with Crippen LogP contribution in [-0.4, -0.2) is 4.62 Å². The van der Waals surface area contributed by atoms with Crippen LogP contribution in [0.4, 0.5) is 0 Å². The molecule has 0 aliphatic rings. The molecule has 3 heteroatoms. The molecule has 0 aliphatic heterocycles. The van der Waals surface area contributed by atoms with Crippen molar-refractivity contribution in [3.05, 3.63) is 0 Å². The van der Waals surface area contributed by atoms with Gasteiger partial charge in [-0.05, 0) is 13.8 Å². The van der Waals surface area contributed by atoms with Crippen molar-refractivity contribution in [3.8, 4) is 0 Å². The van der Waals surface area contributed by atoms with Gasteiger partial charge in [0, 0.05) is 0 Å². The van der Waals surface area contributed by atoms with Crippen molar-refractivity contribution in [3.63, 3.8) is 0 Å². The summed E-state index contributed by atoms with van der Waals surface area (Å²) >= 11 is 5.42. The van der Waals surface area contributed by atoms with E-state index in [9.17, 15) is 4.57 Å². The second-order valence-electron chi connectivity index (χ2n) is 1.57. The topological polar surface area (TPSA) is 17.1 Å². The van der Waals surface area contributed by atoms with Crippen molar-refractivity contribution in [2.45, 2.75) is 18.5 Å². The first-order valence-corrected chi connectivity index (χ1v) is 2.93. The molecule has 36 valence electrons. The van der Waals surface area contributed by atoms with Gasteiger partial charge in [0.25, 0.3) is 0 Å². The monoisotopic (exact) mass is 125 g/mol. The highest BCUT2D eigenvalue weighted by atomic mass is 35.5. The van der Waals surface area contributed by atoms with Crippen LogP contribution in [0, 0.1) is 0 Å². The summed E-state index contributed by atoms with van der Waals surface area (Å²) in [6, 6.07) is 0. The van der Waals surface area contributed by atoms with Gasteiger partial charge in [-0.15, -0.1) is 0 Å². The van der Waals surface area contributed by atoms with E-state index in [0.29, 0.717) is 0 Å². The van der Waals surface area contributed by atoms with Gasteiger partial charge in [0.15, 0.2) is 0 Å². The van der Waals surface area contributed by atoms with E-state index < -0.39 is 13.1 Å². The number of hydrogen-bond acceptors (Lipinski definition) is 1. The molecule has 0 aliphatic carbocycles. The molecule has 0 bridgehead atoms. The first kappa shape index (κ1) is 6.39. The van der Waals surface area contributed by atoms with E-state index in [2.05, 4.69) is 0 Å². The zero-order valence-electron chi connectivity index (χ0n) is 3.79. The summed E-state index contributed by atoms with van der Waals surface area (Å²) in [6.07, 6.45) is 0. The fourth-order valence-electron chi connectivity index (χ4n) is 0. The highest BCUT2D eigenvalue weighted by molar-refractivity contribution is 7.29. The van der Waals surface area contributed by atoms with Crippen LogP contribution < -0.4 is 0 Å². The maximum absolute atomic E-state index is 9.85. The van der Waals surface area contributed by atoms with Gasteiger partial charge in [0.1, 0.15) is 0 Å². The summed E-state index contributed by atoms with van der Waals surface area (Å²) in [5.74, 6) is 0. The average Bonchev–Trinajstić information content (AvgIpc) is 1.35. The van der Waals surface area contributed by atoms with Crippen LogP contribution in [0.25, 0.3) is 0 Å². The van der Waals surface area contributed by atoms with Crippen LogP contribution in [0.1, 0.15) is 13.8 Å². The maximum atomic E-state index is 9.85. The molecule has 0 aromatic heterocycles. The molecule has 1 nitrogen and oxygen atoms in total. The largest absolute Gasteiger partial charge is 0.346 e. The summed E-state index contributed by atoms with van der Waals surface area (Å²) in [6.45, 7) is 3.42. The Morgan fingerprint density at radius 1 is 1.67 bits per heavy atom. The van der Waals surface area contributed by atoms with Crippen molar-refractivity contribution < 1.29 is 4.57 Å². The van der Waals surface area contributed by atoms with Gasteiger partial charge in [0.2, 0.25) is 4.62 Å². The Kier molecular flexibility index (Phi) is 2.03. The lowest BCUT2D eigenvalue weighted by Gasteiger charge is -1.89. The molecule has 0 saturated carbocycles. The van der Waals surface area contributed by atoms with Gasteiger partial charge in [-0.1, -0.05) is 16.2 Å². The Balaban J connectivity index is 3.45. The van der Waals surface area contributed by atoms with E-state index >= 15 is 0 Å². The average molecular weight is 126 g/mol. The smallest absolute Gasteiger partial charge is 0.0754 e. The zero-order chi connectivity index (χ0) is 5.21. The van der Waals surface area contributed by atoms with Crippen LogP contribution in [0.5, 0.6) is 0 Å². The Bertz CT molecular complexity index is 56.3. The second-order valence-corrected chi connectivity index (χ2v) is 4.29. The number of alkyl halides is 1. The van der Waals surface area contributed by atoms with E-state index in [0.717, 1.165) is 0 Å². The quantitative estimate of drug-likeness (QED) is 0.387. The molecule has 0 N–H and O–H groups in total. The lowest BCUT2D eigenvalue weighted by molar-refractivity contribution is 0.591. The molecule has 1 unspecified atom stereocenters. The predicted octanol–water partition coefficient (Wildman–Crippen LogP) is 1.99. The van der Waals surface area contributed by atoms with Gasteiger partial charge >= 0.3 is 8.46 Å². The number of hydrogen-bond donors (Lipinski definition) is 0. The fourth-order valence-corrected chi connectivity index (χ4v) is 0. The lowest BCUT2D eigenvalue weighted by Crippen LogP contribution is -1.94. The van der Waals surface area contributed by atoms with E-state index in [1.807, 2.05) is 0 Å². The molecule has 0 saturated heterocycles. The molecule has 0 fully saturated rings. The van der Waals surface area contributed by atoms with Crippen molar-refractivity contribution in [2.75, 3.05) is 0 Å². The summed E-state index contributed by atoms with van der Waals surface area (Å²) in [5.41, 5.74) is 0. The third-order valence-corrected chi connectivity index (χ3v) is 0.960. The van der Waals surface area contributed by atoms with Crippen LogP contribution in [0.3, 0.4) is 0 Å². The molecular formula is C3H7ClOP+. The van der Waals surface area contributed by atoms with E-state index in [4.69, 9.17) is 11.6 Å². The third kappa shape index (κ3) is 4.39. The number of halogens is 1. The normalized spacial score (nSPS) is 12.5. The summed E-state index contributed by atoms with van der Waals surface area (Å²) < 4.78 is 9.33. The molecule has 0 spiro atoms.